The Labute approximate surface area is 201 Å². The molecule has 1 heterocycles. The Bertz CT molecular complexity index is 1210. The second-order valence-electron chi connectivity index (χ2n) is 8.36. The van der Waals surface area contributed by atoms with Gasteiger partial charge in [-0.3, -0.25) is 4.79 Å². The maximum atomic E-state index is 13.7. The minimum Gasteiger partial charge on any atom is -0.497 e. The highest BCUT2D eigenvalue weighted by atomic mass is 16.5. The number of nitrogens with zero attached hydrogens (tertiary/aromatic N) is 2. The summed E-state index contributed by atoms with van der Waals surface area (Å²) in [4.78, 5) is 15.6. The minimum atomic E-state index is -0.0795. The molecule has 4 aromatic rings. The van der Waals surface area contributed by atoms with Gasteiger partial charge in [-0.25, -0.2) is 0 Å². The summed E-state index contributed by atoms with van der Waals surface area (Å²) in [5.74, 6) is 1.10. The van der Waals surface area contributed by atoms with E-state index in [4.69, 9.17) is 9.47 Å². The molecule has 0 aliphatic heterocycles. The van der Waals surface area contributed by atoms with Gasteiger partial charge in [-0.2, -0.15) is 0 Å². The molecule has 0 aliphatic rings. The summed E-state index contributed by atoms with van der Waals surface area (Å²) in [5.41, 5.74) is 5.14. The quantitative estimate of drug-likeness (QED) is 0.326. The molecule has 0 radical (unpaired) electrons. The maximum Gasteiger partial charge on any atom is 0.254 e. The van der Waals surface area contributed by atoms with E-state index in [2.05, 4.69) is 48.0 Å². The Morgan fingerprint density at radius 1 is 0.794 bits per heavy atom. The third kappa shape index (κ3) is 5.67. The molecule has 0 saturated carbocycles. The lowest BCUT2D eigenvalue weighted by Crippen LogP contribution is -2.31. The number of rotatable bonds is 9. The van der Waals surface area contributed by atoms with Crippen LogP contribution in [0.2, 0.25) is 0 Å². The number of amides is 1. The van der Waals surface area contributed by atoms with Crippen LogP contribution in [0.3, 0.4) is 0 Å². The summed E-state index contributed by atoms with van der Waals surface area (Å²) in [6.07, 6.45) is 2.06. The average Bonchev–Trinajstić information content (AvgIpc) is 3.31. The van der Waals surface area contributed by atoms with E-state index in [1.165, 1.54) is 11.1 Å². The molecule has 0 bridgehead atoms. The van der Waals surface area contributed by atoms with Crippen molar-refractivity contribution in [2.45, 2.75) is 26.6 Å². The lowest BCUT2D eigenvalue weighted by atomic mass is 10.1. The summed E-state index contributed by atoms with van der Waals surface area (Å²) in [6, 6.07) is 28.0. The van der Waals surface area contributed by atoms with Gasteiger partial charge in [-0.15, -0.1) is 0 Å². The van der Waals surface area contributed by atoms with E-state index in [0.717, 1.165) is 17.8 Å². The van der Waals surface area contributed by atoms with E-state index in [1.54, 1.807) is 32.4 Å². The third-order valence-electron chi connectivity index (χ3n) is 5.85. The van der Waals surface area contributed by atoms with Gasteiger partial charge in [0.05, 0.1) is 20.8 Å². The summed E-state index contributed by atoms with van der Waals surface area (Å²) in [7, 11) is 3.17. The van der Waals surface area contributed by atoms with Crippen molar-refractivity contribution >= 4 is 5.91 Å². The molecule has 5 heteroatoms. The fourth-order valence-corrected chi connectivity index (χ4v) is 3.95. The SMILES string of the molecule is COc1cc(OC)cc(C(=O)N(Cc2ccccc2)Cc2cccn2Cc2ccc(C)cc2)c1. The standard InChI is InChI=1S/C29H30N2O3/c1-22-11-13-24(14-12-22)19-30-15-7-10-26(30)21-31(20-23-8-5-4-6-9-23)29(32)25-16-27(33-2)18-28(17-25)34-3/h4-18H,19-21H2,1-3H3. The van der Waals surface area contributed by atoms with Gasteiger partial charge in [-0.05, 0) is 42.3 Å². The van der Waals surface area contributed by atoms with E-state index in [9.17, 15) is 4.79 Å². The first kappa shape index (κ1) is 23.2. The zero-order valence-electron chi connectivity index (χ0n) is 19.9. The normalized spacial score (nSPS) is 10.7. The molecule has 34 heavy (non-hydrogen) atoms. The summed E-state index contributed by atoms with van der Waals surface area (Å²) < 4.78 is 13.0. The van der Waals surface area contributed by atoms with Gasteiger partial charge in [0.2, 0.25) is 0 Å². The highest BCUT2D eigenvalue weighted by Gasteiger charge is 2.20. The van der Waals surface area contributed by atoms with E-state index in [-0.39, 0.29) is 5.91 Å². The van der Waals surface area contributed by atoms with Crippen LogP contribution in [0.4, 0.5) is 0 Å². The topological polar surface area (TPSA) is 43.7 Å². The molecule has 0 saturated heterocycles. The number of benzene rings is 3. The fourth-order valence-electron chi connectivity index (χ4n) is 3.95. The number of aryl methyl sites for hydroxylation is 1. The van der Waals surface area contributed by atoms with E-state index < -0.39 is 0 Å². The van der Waals surface area contributed by atoms with Gasteiger partial charge in [0.15, 0.2) is 0 Å². The van der Waals surface area contributed by atoms with Crippen LogP contribution in [-0.4, -0.2) is 29.6 Å². The van der Waals surface area contributed by atoms with Gasteiger partial charge in [0, 0.05) is 36.6 Å². The number of carbonyl (C=O) groups is 1. The van der Waals surface area contributed by atoms with Gasteiger partial charge in [-0.1, -0.05) is 60.2 Å². The molecule has 5 nitrogen and oxygen atoms in total. The molecule has 0 N–H and O–H groups in total. The van der Waals surface area contributed by atoms with Crippen LogP contribution in [0.1, 0.15) is 32.7 Å². The number of hydrogen-bond acceptors (Lipinski definition) is 3. The first-order chi connectivity index (χ1) is 16.6. The second kappa shape index (κ2) is 10.8. The second-order valence-corrected chi connectivity index (χ2v) is 8.36. The molecule has 0 spiro atoms. The minimum absolute atomic E-state index is 0.0795. The smallest absolute Gasteiger partial charge is 0.254 e. The summed E-state index contributed by atoms with van der Waals surface area (Å²) in [6.45, 7) is 3.81. The zero-order chi connectivity index (χ0) is 23.9. The molecule has 174 valence electrons. The van der Waals surface area contributed by atoms with Crippen LogP contribution in [0.5, 0.6) is 11.5 Å². The first-order valence-corrected chi connectivity index (χ1v) is 11.3. The van der Waals surface area contributed by atoms with Gasteiger partial charge < -0.3 is 18.9 Å². The van der Waals surface area contributed by atoms with Crippen LogP contribution < -0.4 is 9.47 Å². The molecular formula is C29H30N2O3. The Balaban J connectivity index is 1.63. The fraction of sp³-hybridized carbons (Fsp3) is 0.207. The van der Waals surface area contributed by atoms with Crippen molar-refractivity contribution in [2.75, 3.05) is 14.2 Å². The number of methoxy groups -OCH3 is 2. The Morgan fingerprint density at radius 3 is 2.12 bits per heavy atom. The molecular weight excluding hydrogens is 424 g/mol. The molecule has 1 amide bonds. The number of carbonyl (C=O) groups excluding carboxylic acids is 1. The van der Waals surface area contributed by atoms with Crippen molar-refractivity contribution in [1.29, 1.82) is 0 Å². The number of ether oxygens (including phenoxy) is 2. The maximum absolute atomic E-state index is 13.7. The van der Waals surface area contributed by atoms with Gasteiger partial charge >= 0.3 is 0 Å². The Kier molecular flexibility index (Phi) is 7.33. The van der Waals surface area contributed by atoms with Crippen molar-refractivity contribution in [3.05, 3.63) is 119 Å². The van der Waals surface area contributed by atoms with Crippen LogP contribution >= 0.6 is 0 Å². The van der Waals surface area contributed by atoms with E-state index >= 15 is 0 Å². The first-order valence-electron chi connectivity index (χ1n) is 11.3. The van der Waals surface area contributed by atoms with Crippen molar-refractivity contribution < 1.29 is 14.3 Å². The van der Waals surface area contributed by atoms with Crippen molar-refractivity contribution in [1.82, 2.24) is 9.47 Å². The summed E-state index contributed by atoms with van der Waals surface area (Å²) in [5, 5.41) is 0. The molecule has 0 unspecified atom stereocenters. The van der Waals surface area contributed by atoms with E-state index in [0.29, 0.717) is 30.2 Å². The Hall–Kier alpha value is -3.99. The van der Waals surface area contributed by atoms with Crippen molar-refractivity contribution in [3.8, 4) is 11.5 Å². The van der Waals surface area contributed by atoms with Crippen molar-refractivity contribution in [2.24, 2.45) is 0 Å². The lowest BCUT2D eigenvalue weighted by Gasteiger charge is -2.24. The molecule has 3 aromatic carbocycles. The van der Waals surface area contributed by atoms with Crippen LogP contribution in [0, 0.1) is 6.92 Å². The molecule has 4 rings (SSSR count). The Morgan fingerprint density at radius 2 is 1.47 bits per heavy atom. The number of hydrogen-bond donors (Lipinski definition) is 0. The average molecular weight is 455 g/mol. The van der Waals surface area contributed by atoms with Crippen LogP contribution in [-0.2, 0) is 19.6 Å². The molecule has 0 aliphatic carbocycles. The van der Waals surface area contributed by atoms with Crippen molar-refractivity contribution in [3.63, 3.8) is 0 Å². The van der Waals surface area contributed by atoms with E-state index in [1.807, 2.05) is 41.3 Å². The largest absolute Gasteiger partial charge is 0.497 e. The van der Waals surface area contributed by atoms with Crippen LogP contribution in [0.25, 0.3) is 0 Å². The molecule has 0 atom stereocenters. The number of aromatic nitrogens is 1. The third-order valence-corrected chi connectivity index (χ3v) is 5.85. The monoisotopic (exact) mass is 454 g/mol. The highest BCUT2D eigenvalue weighted by Crippen LogP contribution is 2.25. The summed E-state index contributed by atoms with van der Waals surface area (Å²) >= 11 is 0. The predicted molar refractivity (Wildman–Crippen MR) is 134 cm³/mol. The lowest BCUT2D eigenvalue weighted by molar-refractivity contribution is 0.0725. The molecule has 1 aromatic heterocycles. The van der Waals surface area contributed by atoms with Crippen LogP contribution in [0.15, 0.2) is 91.1 Å². The molecule has 0 fully saturated rings. The predicted octanol–water partition coefficient (Wildman–Crippen LogP) is 5.70. The van der Waals surface area contributed by atoms with Gasteiger partial charge in [0.25, 0.3) is 5.91 Å². The van der Waals surface area contributed by atoms with Gasteiger partial charge in [0.1, 0.15) is 11.5 Å². The highest BCUT2D eigenvalue weighted by molar-refractivity contribution is 5.95. The zero-order valence-corrected chi connectivity index (χ0v) is 19.9.